The average molecular weight is 560 g/mol. The number of aromatic nitrogens is 2. The SMILES string of the molecule is CCNC(=NCc1cccc(Cn2ccnc2)c1)NCCc1cccc(C(=O)N(C)C)c1.I. The number of amides is 1. The number of rotatable bonds is 9. The van der Waals surface area contributed by atoms with Crippen molar-refractivity contribution in [3.8, 4) is 0 Å². The van der Waals surface area contributed by atoms with Gasteiger partial charge in [-0.15, -0.1) is 24.0 Å². The Morgan fingerprint density at radius 1 is 1.06 bits per heavy atom. The quantitative estimate of drug-likeness (QED) is 0.239. The Balaban J connectivity index is 0.00000385. The zero-order valence-corrected chi connectivity index (χ0v) is 21.8. The van der Waals surface area contributed by atoms with E-state index < -0.39 is 0 Å². The Labute approximate surface area is 213 Å². The number of nitrogens with zero attached hydrogens (tertiary/aromatic N) is 4. The molecular weight excluding hydrogens is 527 g/mol. The molecule has 33 heavy (non-hydrogen) atoms. The zero-order chi connectivity index (χ0) is 22.8. The molecule has 0 aliphatic rings. The molecule has 2 N–H and O–H groups in total. The summed E-state index contributed by atoms with van der Waals surface area (Å²) >= 11 is 0. The average Bonchev–Trinajstić information content (AvgIpc) is 3.30. The molecule has 0 saturated heterocycles. The highest BCUT2D eigenvalue weighted by molar-refractivity contribution is 14.0. The number of guanidine groups is 1. The first-order chi connectivity index (χ1) is 15.5. The van der Waals surface area contributed by atoms with E-state index in [1.807, 2.05) is 36.8 Å². The van der Waals surface area contributed by atoms with Gasteiger partial charge in [-0.2, -0.15) is 0 Å². The fraction of sp³-hybridized carbons (Fsp3) is 0.320. The predicted octanol–water partition coefficient (Wildman–Crippen LogP) is 3.55. The molecule has 0 atom stereocenters. The molecule has 3 aromatic rings. The van der Waals surface area contributed by atoms with Gasteiger partial charge in [0.15, 0.2) is 5.96 Å². The van der Waals surface area contributed by atoms with E-state index in [9.17, 15) is 4.79 Å². The van der Waals surface area contributed by atoms with E-state index in [1.165, 1.54) is 5.56 Å². The molecule has 1 heterocycles. The summed E-state index contributed by atoms with van der Waals surface area (Å²) < 4.78 is 2.05. The molecule has 8 heteroatoms. The lowest BCUT2D eigenvalue weighted by Crippen LogP contribution is -2.38. The van der Waals surface area contributed by atoms with Crippen molar-refractivity contribution in [2.24, 2.45) is 4.99 Å². The number of halogens is 1. The van der Waals surface area contributed by atoms with Crippen LogP contribution in [0.2, 0.25) is 0 Å². The number of carbonyl (C=O) groups is 1. The van der Waals surface area contributed by atoms with E-state index in [-0.39, 0.29) is 29.9 Å². The zero-order valence-electron chi connectivity index (χ0n) is 19.5. The fourth-order valence-electron chi connectivity index (χ4n) is 3.37. The maximum atomic E-state index is 12.2. The van der Waals surface area contributed by atoms with Crippen molar-refractivity contribution in [3.05, 3.63) is 89.5 Å². The normalized spacial score (nSPS) is 10.9. The Kier molecular flexibility index (Phi) is 10.9. The van der Waals surface area contributed by atoms with Crippen LogP contribution in [0.4, 0.5) is 0 Å². The molecule has 0 saturated carbocycles. The van der Waals surface area contributed by atoms with Crippen LogP contribution in [0, 0.1) is 0 Å². The van der Waals surface area contributed by atoms with Gasteiger partial charge in [0.2, 0.25) is 0 Å². The topological polar surface area (TPSA) is 74.5 Å². The van der Waals surface area contributed by atoms with Crippen LogP contribution in [-0.4, -0.2) is 53.5 Å². The fourth-order valence-corrected chi connectivity index (χ4v) is 3.37. The van der Waals surface area contributed by atoms with E-state index in [1.54, 1.807) is 25.2 Å². The van der Waals surface area contributed by atoms with Crippen molar-refractivity contribution in [1.29, 1.82) is 0 Å². The molecule has 3 rings (SSSR count). The molecule has 7 nitrogen and oxygen atoms in total. The minimum absolute atomic E-state index is 0. The molecule has 0 unspecified atom stereocenters. The molecule has 0 aliphatic carbocycles. The molecular formula is C25H33IN6O. The minimum Gasteiger partial charge on any atom is -0.357 e. The Hall–Kier alpha value is -2.88. The standard InChI is InChI=1S/C25H32N6O.HI/c1-4-27-25(28-12-11-20-7-6-10-23(16-20)24(32)30(2)3)29-17-21-8-5-9-22(15-21)18-31-14-13-26-19-31;/h5-10,13-16,19H,4,11-12,17-18H2,1-3H3,(H2,27,28,29);1H. The van der Waals surface area contributed by atoms with Gasteiger partial charge in [0.25, 0.3) is 5.91 Å². The molecule has 0 radical (unpaired) electrons. The molecule has 0 spiro atoms. The predicted molar refractivity (Wildman–Crippen MR) is 144 cm³/mol. The van der Waals surface area contributed by atoms with Crippen molar-refractivity contribution >= 4 is 35.8 Å². The summed E-state index contributed by atoms with van der Waals surface area (Å²) in [4.78, 5) is 22.6. The van der Waals surface area contributed by atoms with Crippen molar-refractivity contribution < 1.29 is 4.79 Å². The van der Waals surface area contributed by atoms with Gasteiger partial charge in [-0.25, -0.2) is 9.98 Å². The van der Waals surface area contributed by atoms with Gasteiger partial charge in [-0.1, -0.05) is 36.4 Å². The summed E-state index contributed by atoms with van der Waals surface area (Å²) in [6, 6.07) is 16.3. The Morgan fingerprint density at radius 3 is 2.55 bits per heavy atom. The highest BCUT2D eigenvalue weighted by atomic mass is 127. The van der Waals surface area contributed by atoms with E-state index >= 15 is 0 Å². The van der Waals surface area contributed by atoms with Gasteiger partial charge in [0.05, 0.1) is 12.9 Å². The highest BCUT2D eigenvalue weighted by Crippen LogP contribution is 2.09. The molecule has 1 aromatic heterocycles. The Morgan fingerprint density at radius 2 is 1.82 bits per heavy atom. The van der Waals surface area contributed by atoms with Crippen LogP contribution in [0.15, 0.2) is 72.2 Å². The number of benzene rings is 2. The van der Waals surface area contributed by atoms with Crippen molar-refractivity contribution in [2.75, 3.05) is 27.2 Å². The number of nitrogens with one attached hydrogen (secondary N) is 2. The number of imidazole rings is 1. The summed E-state index contributed by atoms with van der Waals surface area (Å²) in [5.41, 5.74) is 4.22. The van der Waals surface area contributed by atoms with E-state index in [0.29, 0.717) is 12.1 Å². The van der Waals surface area contributed by atoms with Crippen LogP contribution in [0.5, 0.6) is 0 Å². The number of hydrogen-bond acceptors (Lipinski definition) is 3. The number of hydrogen-bond donors (Lipinski definition) is 2. The van der Waals surface area contributed by atoms with Crippen molar-refractivity contribution in [2.45, 2.75) is 26.4 Å². The lowest BCUT2D eigenvalue weighted by molar-refractivity contribution is 0.0827. The van der Waals surface area contributed by atoms with Crippen molar-refractivity contribution in [3.63, 3.8) is 0 Å². The lowest BCUT2D eigenvalue weighted by atomic mass is 10.1. The third kappa shape index (κ3) is 8.53. The van der Waals surface area contributed by atoms with Gasteiger partial charge >= 0.3 is 0 Å². The molecule has 2 aromatic carbocycles. The van der Waals surface area contributed by atoms with Crippen molar-refractivity contribution in [1.82, 2.24) is 25.1 Å². The monoisotopic (exact) mass is 560 g/mol. The first-order valence-corrected chi connectivity index (χ1v) is 10.9. The molecule has 0 bridgehead atoms. The number of carbonyl (C=O) groups excluding carboxylic acids is 1. The Bertz CT molecular complexity index is 1030. The van der Waals surface area contributed by atoms with Crippen LogP contribution in [0.3, 0.4) is 0 Å². The third-order valence-corrected chi connectivity index (χ3v) is 4.97. The molecule has 0 aliphatic heterocycles. The van der Waals surface area contributed by atoms with Crippen LogP contribution in [0.1, 0.15) is 34.0 Å². The summed E-state index contributed by atoms with van der Waals surface area (Å²) in [5, 5.41) is 6.69. The smallest absolute Gasteiger partial charge is 0.253 e. The highest BCUT2D eigenvalue weighted by Gasteiger charge is 2.08. The van der Waals surface area contributed by atoms with Gasteiger partial charge < -0.3 is 20.1 Å². The maximum Gasteiger partial charge on any atom is 0.253 e. The summed E-state index contributed by atoms with van der Waals surface area (Å²) in [5.74, 6) is 0.804. The molecule has 176 valence electrons. The van der Waals surface area contributed by atoms with Crippen LogP contribution in [-0.2, 0) is 19.5 Å². The summed E-state index contributed by atoms with van der Waals surface area (Å²) in [6.45, 7) is 4.97. The molecule has 1 amide bonds. The summed E-state index contributed by atoms with van der Waals surface area (Å²) in [6.07, 6.45) is 6.38. The molecule has 0 fully saturated rings. The summed E-state index contributed by atoms with van der Waals surface area (Å²) in [7, 11) is 3.53. The maximum absolute atomic E-state index is 12.2. The minimum atomic E-state index is 0. The van der Waals surface area contributed by atoms with Crippen LogP contribution in [0.25, 0.3) is 0 Å². The largest absolute Gasteiger partial charge is 0.357 e. The van der Waals surface area contributed by atoms with Gasteiger partial charge in [0, 0.05) is 51.7 Å². The van der Waals surface area contributed by atoms with Gasteiger partial charge in [-0.3, -0.25) is 4.79 Å². The number of aliphatic imine (C=N–C) groups is 1. The second-order valence-corrected chi connectivity index (χ2v) is 7.83. The van der Waals surface area contributed by atoms with Gasteiger partial charge in [0.1, 0.15) is 0 Å². The lowest BCUT2D eigenvalue weighted by Gasteiger charge is -2.13. The van der Waals surface area contributed by atoms with E-state index in [0.717, 1.165) is 43.1 Å². The first-order valence-electron chi connectivity index (χ1n) is 10.9. The third-order valence-electron chi connectivity index (χ3n) is 4.97. The van der Waals surface area contributed by atoms with E-state index in [4.69, 9.17) is 4.99 Å². The first kappa shape index (κ1) is 26.4. The van der Waals surface area contributed by atoms with Gasteiger partial charge in [-0.05, 0) is 42.2 Å². The van der Waals surface area contributed by atoms with Crippen LogP contribution < -0.4 is 10.6 Å². The second kappa shape index (κ2) is 13.6. The van der Waals surface area contributed by atoms with Crippen LogP contribution >= 0.6 is 24.0 Å². The van der Waals surface area contributed by atoms with E-state index in [2.05, 4.69) is 51.4 Å². The second-order valence-electron chi connectivity index (χ2n) is 7.83.